The molecule has 1 aliphatic heterocycles. The number of hydrogen-bond donors (Lipinski definition) is 1. The minimum absolute atomic E-state index is 0.514. The second-order valence-electron chi connectivity index (χ2n) is 4.41. The summed E-state index contributed by atoms with van der Waals surface area (Å²) in [5.41, 5.74) is 6.35. The van der Waals surface area contributed by atoms with E-state index in [4.69, 9.17) is 10.5 Å². The van der Waals surface area contributed by atoms with E-state index in [1.165, 1.54) is 0 Å². The maximum Gasteiger partial charge on any atom is 0.238 e. The Balaban J connectivity index is 2.15. The third-order valence-electron chi connectivity index (χ3n) is 3.11. The third kappa shape index (κ3) is 2.79. The van der Waals surface area contributed by atoms with Gasteiger partial charge in [-0.1, -0.05) is 0 Å². The van der Waals surface area contributed by atoms with Crippen LogP contribution < -0.4 is 15.4 Å². The van der Waals surface area contributed by atoms with Crippen molar-refractivity contribution >= 4 is 11.5 Å². The second-order valence-corrected chi connectivity index (χ2v) is 4.41. The molecule has 2 heterocycles. The van der Waals surface area contributed by atoms with Crippen LogP contribution in [0.25, 0.3) is 0 Å². The number of methoxy groups -OCH3 is 1. The summed E-state index contributed by atoms with van der Waals surface area (Å²) in [5.74, 6) is 1.46. The maximum atomic E-state index is 5.77. The van der Waals surface area contributed by atoms with E-state index in [2.05, 4.69) is 21.8 Å². The Labute approximate surface area is 102 Å². The minimum atomic E-state index is 0.514. The molecule has 1 saturated heterocycles. The van der Waals surface area contributed by atoms with Crippen molar-refractivity contribution in [1.29, 1.82) is 0 Å². The van der Waals surface area contributed by atoms with Crippen LogP contribution in [0.2, 0.25) is 0 Å². The molecule has 2 rings (SSSR count). The minimum Gasteiger partial charge on any atom is -0.479 e. The highest BCUT2D eigenvalue weighted by Gasteiger charge is 2.14. The smallest absolute Gasteiger partial charge is 0.238 e. The number of ether oxygens (including phenoxy) is 1. The first-order valence-corrected chi connectivity index (χ1v) is 5.94. The first-order chi connectivity index (χ1) is 8.20. The van der Waals surface area contributed by atoms with Crippen molar-refractivity contribution in [1.82, 2.24) is 9.88 Å². The summed E-state index contributed by atoms with van der Waals surface area (Å²) in [7, 11) is 3.75. The van der Waals surface area contributed by atoms with E-state index >= 15 is 0 Å². The van der Waals surface area contributed by atoms with Gasteiger partial charge in [-0.05, 0) is 32.1 Å². The average molecular weight is 236 g/mol. The fourth-order valence-electron chi connectivity index (χ4n) is 2.06. The van der Waals surface area contributed by atoms with Gasteiger partial charge in [0.15, 0.2) is 0 Å². The van der Waals surface area contributed by atoms with Crippen molar-refractivity contribution < 1.29 is 4.74 Å². The lowest BCUT2D eigenvalue weighted by atomic mass is 10.3. The predicted molar refractivity (Wildman–Crippen MR) is 69.5 cm³/mol. The van der Waals surface area contributed by atoms with Crippen LogP contribution in [0, 0.1) is 0 Å². The summed E-state index contributed by atoms with van der Waals surface area (Å²) < 4.78 is 5.16. The Kier molecular flexibility index (Phi) is 3.68. The van der Waals surface area contributed by atoms with Gasteiger partial charge in [0.1, 0.15) is 5.82 Å². The molecule has 0 aromatic carbocycles. The third-order valence-corrected chi connectivity index (χ3v) is 3.11. The van der Waals surface area contributed by atoms with Crippen LogP contribution in [0.1, 0.15) is 6.42 Å². The molecule has 1 aromatic heterocycles. The van der Waals surface area contributed by atoms with Crippen molar-refractivity contribution in [2.45, 2.75) is 6.42 Å². The first kappa shape index (κ1) is 12.0. The molecule has 0 bridgehead atoms. The van der Waals surface area contributed by atoms with Gasteiger partial charge in [0.25, 0.3) is 0 Å². The van der Waals surface area contributed by atoms with Gasteiger partial charge in [-0.3, -0.25) is 0 Å². The highest BCUT2D eigenvalue weighted by Crippen LogP contribution is 2.23. The molecule has 1 aliphatic rings. The summed E-state index contributed by atoms with van der Waals surface area (Å²) in [4.78, 5) is 9.07. The fraction of sp³-hybridized carbons (Fsp3) is 0.583. The fourth-order valence-corrected chi connectivity index (χ4v) is 2.06. The van der Waals surface area contributed by atoms with Gasteiger partial charge < -0.3 is 20.3 Å². The van der Waals surface area contributed by atoms with Crippen molar-refractivity contribution in [2.24, 2.45) is 0 Å². The van der Waals surface area contributed by atoms with Crippen LogP contribution in [0.15, 0.2) is 12.1 Å². The first-order valence-electron chi connectivity index (χ1n) is 5.94. The van der Waals surface area contributed by atoms with E-state index in [1.54, 1.807) is 7.11 Å². The zero-order valence-corrected chi connectivity index (χ0v) is 10.5. The van der Waals surface area contributed by atoms with E-state index in [1.807, 2.05) is 12.1 Å². The molecule has 0 saturated carbocycles. The molecule has 2 N–H and O–H groups in total. The Bertz CT molecular complexity index is 383. The Morgan fingerprint density at radius 3 is 2.82 bits per heavy atom. The van der Waals surface area contributed by atoms with E-state index in [9.17, 15) is 0 Å². The molecule has 5 nitrogen and oxygen atoms in total. The van der Waals surface area contributed by atoms with Crippen LogP contribution in [0.4, 0.5) is 11.5 Å². The number of rotatable bonds is 2. The molecule has 1 fully saturated rings. The van der Waals surface area contributed by atoms with Crippen LogP contribution >= 0.6 is 0 Å². The van der Waals surface area contributed by atoms with Gasteiger partial charge in [-0.2, -0.15) is 4.98 Å². The molecule has 5 heteroatoms. The summed E-state index contributed by atoms with van der Waals surface area (Å²) in [6.07, 6.45) is 1.16. The molecule has 0 radical (unpaired) electrons. The van der Waals surface area contributed by atoms with Crippen LogP contribution in [0.5, 0.6) is 5.88 Å². The van der Waals surface area contributed by atoms with Gasteiger partial charge >= 0.3 is 0 Å². The maximum absolute atomic E-state index is 5.77. The van der Waals surface area contributed by atoms with Crippen molar-refractivity contribution in [3.8, 4) is 5.88 Å². The van der Waals surface area contributed by atoms with Gasteiger partial charge in [0.2, 0.25) is 5.88 Å². The van der Waals surface area contributed by atoms with E-state index in [0.717, 1.165) is 38.4 Å². The number of aromatic nitrogens is 1. The number of nitrogens with two attached hydrogens (primary N) is 1. The van der Waals surface area contributed by atoms with Crippen molar-refractivity contribution in [2.75, 3.05) is 51.0 Å². The molecule has 94 valence electrons. The van der Waals surface area contributed by atoms with E-state index < -0.39 is 0 Å². The second kappa shape index (κ2) is 5.23. The lowest BCUT2D eigenvalue weighted by Crippen LogP contribution is -2.29. The summed E-state index contributed by atoms with van der Waals surface area (Å²) >= 11 is 0. The average Bonchev–Trinajstić information content (AvgIpc) is 2.55. The number of pyridine rings is 1. The molecule has 0 aliphatic carbocycles. The quantitative estimate of drug-likeness (QED) is 0.823. The number of anilines is 2. The van der Waals surface area contributed by atoms with E-state index in [-0.39, 0.29) is 0 Å². The number of nitrogen functional groups attached to an aromatic ring is 1. The molecule has 1 aromatic rings. The van der Waals surface area contributed by atoms with E-state index in [0.29, 0.717) is 11.6 Å². The molecule has 0 amide bonds. The summed E-state index contributed by atoms with van der Waals surface area (Å²) in [6, 6.07) is 3.82. The summed E-state index contributed by atoms with van der Waals surface area (Å²) in [6.45, 7) is 4.23. The highest BCUT2D eigenvalue weighted by atomic mass is 16.5. The van der Waals surface area contributed by atoms with Gasteiger partial charge in [0.05, 0.1) is 12.8 Å². The van der Waals surface area contributed by atoms with Crippen LogP contribution in [-0.4, -0.2) is 50.2 Å². The zero-order chi connectivity index (χ0) is 12.3. The van der Waals surface area contributed by atoms with Gasteiger partial charge in [0, 0.05) is 19.6 Å². The molecule has 0 unspecified atom stereocenters. The highest BCUT2D eigenvalue weighted by molar-refractivity contribution is 5.54. The topological polar surface area (TPSA) is 54.6 Å². The molecule has 0 spiro atoms. The Morgan fingerprint density at radius 1 is 1.24 bits per heavy atom. The monoisotopic (exact) mass is 236 g/mol. The molecular weight excluding hydrogens is 216 g/mol. The van der Waals surface area contributed by atoms with Gasteiger partial charge in [-0.25, -0.2) is 0 Å². The van der Waals surface area contributed by atoms with Crippen LogP contribution in [-0.2, 0) is 0 Å². The normalized spacial score (nSPS) is 17.9. The largest absolute Gasteiger partial charge is 0.479 e. The number of hydrogen-bond acceptors (Lipinski definition) is 5. The summed E-state index contributed by atoms with van der Waals surface area (Å²) in [5, 5.41) is 0. The van der Waals surface area contributed by atoms with Crippen LogP contribution in [0.3, 0.4) is 0 Å². The SMILES string of the molecule is COc1nc(N2CCCN(C)CC2)ccc1N. The standard InChI is InChI=1S/C12H20N4O/c1-15-6-3-7-16(9-8-15)11-5-4-10(13)12(14-11)17-2/h4-5H,3,6-9,13H2,1-2H3. The van der Waals surface area contributed by atoms with Gasteiger partial charge in [-0.15, -0.1) is 0 Å². The molecule has 17 heavy (non-hydrogen) atoms. The Morgan fingerprint density at radius 2 is 2.06 bits per heavy atom. The number of likely N-dealkylation sites (N-methyl/N-ethyl adjacent to an activating group) is 1. The van der Waals surface area contributed by atoms with Crippen molar-refractivity contribution in [3.05, 3.63) is 12.1 Å². The predicted octanol–water partition coefficient (Wildman–Crippen LogP) is 0.814. The zero-order valence-electron chi connectivity index (χ0n) is 10.5. The molecular formula is C12H20N4O. The number of nitrogens with zero attached hydrogens (tertiary/aromatic N) is 3. The lowest BCUT2D eigenvalue weighted by molar-refractivity contribution is 0.360. The Hall–Kier alpha value is -1.49. The molecule has 0 atom stereocenters. The van der Waals surface area contributed by atoms with Crippen molar-refractivity contribution in [3.63, 3.8) is 0 Å². The lowest BCUT2D eigenvalue weighted by Gasteiger charge is -2.22.